The normalized spacial score (nSPS) is 13.8. The van der Waals surface area contributed by atoms with E-state index in [4.69, 9.17) is 4.42 Å². The van der Waals surface area contributed by atoms with Crippen molar-refractivity contribution in [2.45, 2.75) is 26.2 Å². The van der Waals surface area contributed by atoms with Crippen LogP contribution < -0.4 is 4.90 Å². The van der Waals surface area contributed by atoms with E-state index in [-0.39, 0.29) is 18.1 Å². The van der Waals surface area contributed by atoms with Crippen LogP contribution in [0.15, 0.2) is 40.1 Å². The Kier molecular flexibility index (Phi) is 4.13. The number of thiophene rings is 1. The molecule has 0 saturated heterocycles. The first-order valence-electron chi connectivity index (χ1n) is 8.21. The molecule has 0 fully saturated rings. The van der Waals surface area contributed by atoms with Crippen molar-refractivity contribution in [2.24, 2.45) is 0 Å². The molecule has 1 aliphatic heterocycles. The predicted molar refractivity (Wildman–Crippen MR) is 95.3 cm³/mol. The minimum Gasteiger partial charge on any atom is -0.440 e. The number of aromatic nitrogens is 1. The number of carbonyl (C=O) groups excluding carboxylic acids is 1. The lowest BCUT2D eigenvalue weighted by molar-refractivity contribution is -0.118. The zero-order valence-electron chi connectivity index (χ0n) is 13.8. The second kappa shape index (κ2) is 6.44. The zero-order chi connectivity index (χ0) is 17.4. The molecule has 0 spiro atoms. The maximum absolute atomic E-state index is 13.6. The van der Waals surface area contributed by atoms with E-state index in [1.54, 1.807) is 22.3 Å². The van der Waals surface area contributed by atoms with Crippen LogP contribution in [0, 0.1) is 12.7 Å². The summed E-state index contributed by atoms with van der Waals surface area (Å²) in [4.78, 5) is 19.9. The summed E-state index contributed by atoms with van der Waals surface area (Å²) in [7, 11) is 0. The molecule has 0 N–H and O–H groups in total. The highest BCUT2D eigenvalue weighted by Gasteiger charge is 2.25. The van der Waals surface area contributed by atoms with E-state index >= 15 is 0 Å². The quantitative estimate of drug-likeness (QED) is 0.700. The standard InChI is InChI=1S/C19H17FN2O2S/c1-12-15(21-19(24-12)17-5-3-9-25-17)11-18(23)22-8-2-4-13-6-7-14(20)10-16(13)22/h3,5-7,9-10H,2,4,8,11H2,1H3. The lowest BCUT2D eigenvalue weighted by Gasteiger charge is -2.29. The smallest absolute Gasteiger partial charge is 0.236 e. The molecule has 6 heteroatoms. The number of halogens is 1. The molecule has 2 aromatic heterocycles. The van der Waals surface area contributed by atoms with Crippen LogP contribution >= 0.6 is 11.3 Å². The van der Waals surface area contributed by atoms with Gasteiger partial charge < -0.3 is 9.32 Å². The van der Waals surface area contributed by atoms with Gasteiger partial charge in [0, 0.05) is 12.2 Å². The number of benzene rings is 1. The number of fused-ring (bicyclic) bond motifs is 1. The molecule has 1 aromatic carbocycles. The fraction of sp³-hybridized carbons (Fsp3) is 0.263. The Balaban J connectivity index is 1.59. The fourth-order valence-electron chi connectivity index (χ4n) is 3.14. The van der Waals surface area contributed by atoms with Crippen molar-refractivity contribution < 1.29 is 13.6 Å². The number of amides is 1. The van der Waals surface area contributed by atoms with Crippen LogP contribution in [0.5, 0.6) is 0 Å². The first-order valence-corrected chi connectivity index (χ1v) is 9.09. The summed E-state index contributed by atoms with van der Waals surface area (Å²) in [5, 5.41) is 1.96. The Bertz CT molecular complexity index is 918. The molecule has 0 aliphatic carbocycles. The monoisotopic (exact) mass is 356 g/mol. The molecule has 128 valence electrons. The molecular formula is C19H17FN2O2S. The Morgan fingerprint density at radius 1 is 1.40 bits per heavy atom. The average Bonchev–Trinajstić information content (AvgIpc) is 3.24. The van der Waals surface area contributed by atoms with E-state index in [1.165, 1.54) is 12.1 Å². The number of anilines is 1. The summed E-state index contributed by atoms with van der Waals surface area (Å²) in [6.07, 6.45) is 1.89. The van der Waals surface area contributed by atoms with Crippen LogP contribution in [0.3, 0.4) is 0 Å². The van der Waals surface area contributed by atoms with Gasteiger partial charge in [0.15, 0.2) is 0 Å². The lowest BCUT2D eigenvalue weighted by atomic mass is 10.0. The van der Waals surface area contributed by atoms with E-state index in [0.29, 0.717) is 29.6 Å². The third-order valence-corrected chi connectivity index (χ3v) is 5.27. The summed E-state index contributed by atoms with van der Waals surface area (Å²) in [6, 6.07) is 8.52. The van der Waals surface area contributed by atoms with Crippen LogP contribution in [0.1, 0.15) is 23.4 Å². The predicted octanol–water partition coefficient (Wildman–Crippen LogP) is 4.37. The van der Waals surface area contributed by atoms with Crippen LogP contribution in [0.4, 0.5) is 10.1 Å². The first kappa shape index (κ1) is 16.0. The Morgan fingerprint density at radius 3 is 3.08 bits per heavy atom. The molecule has 3 aromatic rings. The topological polar surface area (TPSA) is 46.3 Å². The molecule has 4 rings (SSSR count). The number of carbonyl (C=O) groups is 1. The first-order chi connectivity index (χ1) is 12.1. The van der Waals surface area contributed by atoms with Gasteiger partial charge in [-0.05, 0) is 48.9 Å². The zero-order valence-corrected chi connectivity index (χ0v) is 14.6. The third kappa shape index (κ3) is 3.09. The van der Waals surface area contributed by atoms with Gasteiger partial charge in [-0.25, -0.2) is 9.37 Å². The number of oxazole rings is 1. The van der Waals surface area contributed by atoms with Gasteiger partial charge in [-0.1, -0.05) is 12.1 Å². The molecular weight excluding hydrogens is 339 g/mol. The van der Waals surface area contributed by atoms with E-state index in [2.05, 4.69) is 4.98 Å². The molecule has 0 radical (unpaired) electrons. The molecule has 25 heavy (non-hydrogen) atoms. The molecule has 1 amide bonds. The minimum atomic E-state index is -0.323. The Labute approximate surface area is 148 Å². The number of aryl methyl sites for hydroxylation is 2. The molecule has 0 atom stereocenters. The van der Waals surface area contributed by atoms with Crippen molar-refractivity contribution in [3.63, 3.8) is 0 Å². The molecule has 3 heterocycles. The van der Waals surface area contributed by atoms with Gasteiger partial charge in [-0.2, -0.15) is 0 Å². The van der Waals surface area contributed by atoms with Gasteiger partial charge in [0.1, 0.15) is 11.6 Å². The van der Waals surface area contributed by atoms with E-state index in [9.17, 15) is 9.18 Å². The minimum absolute atomic E-state index is 0.0827. The Morgan fingerprint density at radius 2 is 2.28 bits per heavy atom. The van der Waals surface area contributed by atoms with Crippen molar-refractivity contribution in [1.82, 2.24) is 4.98 Å². The number of hydrogen-bond acceptors (Lipinski definition) is 4. The van der Waals surface area contributed by atoms with Crippen molar-refractivity contribution >= 4 is 22.9 Å². The maximum Gasteiger partial charge on any atom is 0.236 e. The number of nitrogens with zero attached hydrogens (tertiary/aromatic N) is 2. The largest absolute Gasteiger partial charge is 0.440 e. The van der Waals surface area contributed by atoms with E-state index in [0.717, 1.165) is 23.3 Å². The molecule has 1 aliphatic rings. The van der Waals surface area contributed by atoms with Gasteiger partial charge in [0.25, 0.3) is 0 Å². The van der Waals surface area contributed by atoms with Crippen LogP contribution in [-0.2, 0) is 17.6 Å². The Hall–Kier alpha value is -2.47. The summed E-state index contributed by atoms with van der Waals surface area (Å²) >= 11 is 1.54. The summed E-state index contributed by atoms with van der Waals surface area (Å²) < 4.78 is 19.3. The van der Waals surface area contributed by atoms with Gasteiger partial charge in [0.05, 0.1) is 17.0 Å². The highest BCUT2D eigenvalue weighted by Crippen LogP contribution is 2.30. The summed E-state index contributed by atoms with van der Waals surface area (Å²) in [5.74, 6) is 0.783. The average molecular weight is 356 g/mol. The fourth-order valence-corrected chi connectivity index (χ4v) is 3.79. The highest BCUT2D eigenvalue weighted by molar-refractivity contribution is 7.13. The molecule has 0 saturated carbocycles. The molecule has 0 unspecified atom stereocenters. The molecule has 0 bridgehead atoms. The summed E-state index contributed by atoms with van der Waals surface area (Å²) in [5.41, 5.74) is 2.32. The van der Waals surface area contributed by atoms with Crippen molar-refractivity contribution in [1.29, 1.82) is 0 Å². The van der Waals surface area contributed by atoms with Crippen LogP contribution in [0.25, 0.3) is 10.8 Å². The number of rotatable bonds is 3. The van der Waals surface area contributed by atoms with E-state index in [1.807, 2.05) is 24.4 Å². The third-order valence-electron chi connectivity index (χ3n) is 4.41. The highest BCUT2D eigenvalue weighted by atomic mass is 32.1. The SMILES string of the molecule is Cc1oc(-c2cccs2)nc1CC(=O)N1CCCc2ccc(F)cc21. The van der Waals surface area contributed by atoms with Crippen molar-refractivity contribution in [3.8, 4) is 10.8 Å². The van der Waals surface area contributed by atoms with Gasteiger partial charge in [-0.3, -0.25) is 4.79 Å². The van der Waals surface area contributed by atoms with Gasteiger partial charge in [0.2, 0.25) is 11.8 Å². The van der Waals surface area contributed by atoms with Crippen LogP contribution in [-0.4, -0.2) is 17.4 Å². The van der Waals surface area contributed by atoms with Crippen molar-refractivity contribution in [2.75, 3.05) is 11.4 Å². The second-order valence-electron chi connectivity index (χ2n) is 6.10. The summed E-state index contributed by atoms with van der Waals surface area (Å²) in [6.45, 7) is 2.42. The van der Waals surface area contributed by atoms with Gasteiger partial charge >= 0.3 is 0 Å². The van der Waals surface area contributed by atoms with Crippen LogP contribution in [0.2, 0.25) is 0 Å². The lowest BCUT2D eigenvalue weighted by Crippen LogP contribution is -2.36. The number of hydrogen-bond donors (Lipinski definition) is 0. The molecule has 4 nitrogen and oxygen atoms in total. The maximum atomic E-state index is 13.6. The second-order valence-corrected chi connectivity index (χ2v) is 7.05. The van der Waals surface area contributed by atoms with Crippen molar-refractivity contribution in [3.05, 3.63) is 58.5 Å². The van der Waals surface area contributed by atoms with E-state index < -0.39 is 0 Å². The van der Waals surface area contributed by atoms with Gasteiger partial charge in [-0.15, -0.1) is 11.3 Å².